The van der Waals surface area contributed by atoms with E-state index >= 15 is 0 Å². The summed E-state index contributed by atoms with van der Waals surface area (Å²) in [7, 11) is -4.10. The van der Waals surface area contributed by atoms with E-state index in [0.29, 0.717) is 0 Å². The van der Waals surface area contributed by atoms with Crippen LogP contribution in [0.15, 0.2) is 30.3 Å². The number of amides is 1. The summed E-state index contributed by atoms with van der Waals surface area (Å²) in [6.07, 6.45) is -2.76. The van der Waals surface area contributed by atoms with Gasteiger partial charge < -0.3 is 25.0 Å². The molecule has 0 aliphatic rings. The molecule has 0 heterocycles. The quantitative estimate of drug-likeness (QED) is 0.157. The number of carbonyl (C=O) groups excluding carboxylic acids is 2. The Hall–Kier alpha value is -2.70. The highest BCUT2D eigenvalue weighted by Crippen LogP contribution is 2.39. The number of rotatable bonds is 13. The summed E-state index contributed by atoms with van der Waals surface area (Å²) < 4.78 is 39.7. The molecule has 2 atom stereocenters. The van der Waals surface area contributed by atoms with Gasteiger partial charge in [-0.25, -0.2) is 9.59 Å². The molecule has 0 aromatic heterocycles. The van der Waals surface area contributed by atoms with Gasteiger partial charge in [0.05, 0.1) is 12.4 Å². The summed E-state index contributed by atoms with van der Waals surface area (Å²) in [4.78, 5) is 35.4. The van der Waals surface area contributed by atoms with Crippen LogP contribution in [0.2, 0.25) is 0 Å². The van der Waals surface area contributed by atoms with Crippen molar-refractivity contribution in [2.45, 2.75) is 52.7 Å². The number of para-hydroxylation sites is 1. The molecule has 1 aromatic rings. The average molecular weight is 504 g/mol. The molecule has 0 saturated carbocycles. The number of carboxylic acid groups (broad SMARTS) is 1. The van der Waals surface area contributed by atoms with Crippen LogP contribution in [0.4, 0.5) is 4.79 Å². The van der Waals surface area contributed by atoms with Crippen molar-refractivity contribution in [3.05, 3.63) is 30.3 Å². The summed E-state index contributed by atoms with van der Waals surface area (Å²) in [5.74, 6) is -3.01. The molecule has 1 amide bonds. The number of aliphatic hydroxyl groups is 1. The number of carboxylic acids is 1. The molecule has 0 saturated heterocycles. The third kappa shape index (κ3) is 8.26. The first-order valence-corrected chi connectivity index (χ1v) is 12.2. The summed E-state index contributed by atoms with van der Waals surface area (Å²) >= 11 is 0. The van der Waals surface area contributed by atoms with E-state index in [1.807, 2.05) is 0 Å². The van der Waals surface area contributed by atoms with Gasteiger partial charge >= 0.3 is 12.1 Å². The number of hydrogen-bond acceptors (Lipinski definition) is 9. The topological polar surface area (TPSA) is 166 Å². The molecule has 1 unspecified atom stereocenters. The van der Waals surface area contributed by atoms with Gasteiger partial charge in [0.25, 0.3) is 10.1 Å². The Labute approximate surface area is 199 Å². The van der Waals surface area contributed by atoms with E-state index in [1.54, 1.807) is 18.2 Å². The highest BCUT2D eigenvalue weighted by Gasteiger charge is 2.59. The molecule has 192 valence electrons. The van der Waals surface area contributed by atoms with Crippen molar-refractivity contribution in [2.24, 2.45) is 11.3 Å². The van der Waals surface area contributed by atoms with Crippen molar-refractivity contribution in [3.63, 3.8) is 0 Å². The summed E-state index contributed by atoms with van der Waals surface area (Å²) in [6.45, 7) is 6.34. The Kier molecular flexibility index (Phi) is 10.5. The molecular formula is C22H33NO10S. The lowest BCUT2D eigenvalue weighted by atomic mass is 9.69. The monoisotopic (exact) mass is 503 g/mol. The predicted molar refractivity (Wildman–Crippen MR) is 122 cm³/mol. The van der Waals surface area contributed by atoms with Crippen molar-refractivity contribution < 1.29 is 46.7 Å². The van der Waals surface area contributed by atoms with Gasteiger partial charge in [0, 0.05) is 18.9 Å². The number of ether oxygens (including phenoxy) is 2. The molecule has 1 aromatic carbocycles. The first-order valence-electron chi connectivity index (χ1n) is 10.6. The smallest absolute Gasteiger partial charge is 0.479 e. The van der Waals surface area contributed by atoms with Crippen LogP contribution in [0.1, 0.15) is 41.0 Å². The van der Waals surface area contributed by atoms with Crippen LogP contribution in [0.3, 0.4) is 0 Å². The Bertz CT molecular complexity index is 946. The van der Waals surface area contributed by atoms with Crippen LogP contribution in [-0.2, 0) is 28.6 Å². The number of aliphatic carboxylic acids is 1. The van der Waals surface area contributed by atoms with Crippen molar-refractivity contribution in [3.8, 4) is 5.75 Å². The van der Waals surface area contributed by atoms with Gasteiger partial charge in [-0.05, 0) is 24.5 Å². The molecule has 34 heavy (non-hydrogen) atoms. The number of benzene rings is 1. The molecule has 0 bridgehead atoms. The fraction of sp³-hybridized carbons (Fsp3) is 0.591. The van der Waals surface area contributed by atoms with Crippen LogP contribution in [0, 0.1) is 11.3 Å². The standard InChI is InChI=1S/C22H33NO10S/c1-15(2)18(33-20(27)32-17-10-7-6-8-11-17)22(28,19(25)26)21(4,5)14-31-34(29,30)13-9-12-23-16(3)24/h6-8,10-11,15,18,28H,9,12-14H2,1-5H3,(H,23,24)(H,25,26)/t18?,22-/m1/s1. The minimum Gasteiger partial charge on any atom is -0.479 e. The second-order valence-electron chi connectivity index (χ2n) is 8.76. The van der Waals surface area contributed by atoms with E-state index in [2.05, 4.69) is 5.32 Å². The average Bonchev–Trinajstić information content (AvgIpc) is 2.73. The van der Waals surface area contributed by atoms with Crippen LogP contribution < -0.4 is 10.1 Å². The fourth-order valence-corrected chi connectivity index (χ4v) is 4.22. The molecule has 11 nitrogen and oxygen atoms in total. The lowest BCUT2D eigenvalue weighted by Gasteiger charge is -2.44. The van der Waals surface area contributed by atoms with Gasteiger partial charge in [0.1, 0.15) is 11.9 Å². The minimum absolute atomic E-state index is 0.0780. The molecule has 12 heteroatoms. The van der Waals surface area contributed by atoms with Gasteiger partial charge in [0.2, 0.25) is 11.5 Å². The second-order valence-corrected chi connectivity index (χ2v) is 10.5. The highest BCUT2D eigenvalue weighted by molar-refractivity contribution is 7.86. The van der Waals surface area contributed by atoms with Crippen molar-refractivity contribution in [1.29, 1.82) is 0 Å². The van der Waals surface area contributed by atoms with Crippen LogP contribution in [-0.4, -0.2) is 67.3 Å². The molecule has 3 N–H and O–H groups in total. The van der Waals surface area contributed by atoms with Crippen LogP contribution in [0.5, 0.6) is 5.75 Å². The number of carbonyl (C=O) groups is 3. The zero-order chi connectivity index (χ0) is 26.2. The summed E-state index contributed by atoms with van der Waals surface area (Å²) in [5, 5.41) is 23.7. The summed E-state index contributed by atoms with van der Waals surface area (Å²) in [5.41, 5.74) is -4.46. The van der Waals surface area contributed by atoms with Crippen LogP contribution in [0.25, 0.3) is 0 Å². The third-order valence-electron chi connectivity index (χ3n) is 5.09. The third-order valence-corrected chi connectivity index (χ3v) is 6.35. The zero-order valence-electron chi connectivity index (χ0n) is 19.9. The first kappa shape index (κ1) is 29.3. The Morgan fingerprint density at radius 2 is 1.71 bits per heavy atom. The Morgan fingerprint density at radius 3 is 2.21 bits per heavy atom. The lowest BCUT2D eigenvalue weighted by Crippen LogP contribution is -2.64. The van der Waals surface area contributed by atoms with Gasteiger partial charge in [-0.2, -0.15) is 8.42 Å². The maximum atomic E-state index is 12.3. The Morgan fingerprint density at radius 1 is 1.12 bits per heavy atom. The lowest BCUT2D eigenvalue weighted by molar-refractivity contribution is -0.205. The minimum atomic E-state index is -4.10. The fourth-order valence-electron chi connectivity index (χ4n) is 3.13. The largest absolute Gasteiger partial charge is 0.514 e. The SMILES string of the molecule is CC(=O)NCCCS(=O)(=O)OCC(C)(C)[C@](O)(C(=O)O)C(OC(=O)Oc1ccccc1)C(C)C. The second kappa shape index (κ2) is 12.1. The van der Waals surface area contributed by atoms with Crippen molar-refractivity contribution in [1.82, 2.24) is 5.32 Å². The van der Waals surface area contributed by atoms with Gasteiger partial charge in [-0.3, -0.25) is 8.98 Å². The predicted octanol–water partition coefficient (Wildman–Crippen LogP) is 1.94. The molecule has 0 radical (unpaired) electrons. The first-order chi connectivity index (χ1) is 15.6. The van der Waals surface area contributed by atoms with Gasteiger partial charge in [-0.1, -0.05) is 45.9 Å². The van der Waals surface area contributed by atoms with E-state index in [1.165, 1.54) is 46.8 Å². The summed E-state index contributed by atoms with van der Waals surface area (Å²) in [6, 6.07) is 7.92. The maximum absolute atomic E-state index is 12.3. The Balaban J connectivity index is 3.01. The molecule has 1 rings (SSSR count). The molecule has 0 spiro atoms. The highest BCUT2D eigenvalue weighted by atomic mass is 32.2. The van der Waals surface area contributed by atoms with E-state index in [4.69, 9.17) is 13.7 Å². The normalized spacial score (nSPS) is 14.7. The van der Waals surface area contributed by atoms with Gasteiger partial charge in [0.15, 0.2) is 0 Å². The van der Waals surface area contributed by atoms with Crippen LogP contribution >= 0.6 is 0 Å². The molecule has 0 fully saturated rings. The zero-order valence-corrected chi connectivity index (χ0v) is 20.8. The van der Waals surface area contributed by atoms with Gasteiger partial charge in [-0.15, -0.1) is 0 Å². The van der Waals surface area contributed by atoms with E-state index < -0.39 is 57.6 Å². The maximum Gasteiger partial charge on any atom is 0.514 e. The number of hydrogen-bond donors (Lipinski definition) is 3. The molecule has 0 aliphatic carbocycles. The van der Waals surface area contributed by atoms with E-state index in [-0.39, 0.29) is 24.6 Å². The molecular weight excluding hydrogens is 470 g/mol. The van der Waals surface area contributed by atoms with E-state index in [9.17, 15) is 33.0 Å². The van der Waals surface area contributed by atoms with E-state index in [0.717, 1.165) is 0 Å². The van der Waals surface area contributed by atoms with Crippen molar-refractivity contribution >= 4 is 28.1 Å². The number of nitrogens with one attached hydrogen (secondary N) is 1. The van der Waals surface area contributed by atoms with Crippen molar-refractivity contribution in [2.75, 3.05) is 18.9 Å². The molecule has 0 aliphatic heterocycles.